The maximum Gasteiger partial charge on any atom is -0.00217 e. The van der Waals surface area contributed by atoms with E-state index in [-0.39, 0.29) is 0 Å². The minimum atomic E-state index is 1.05. The van der Waals surface area contributed by atoms with E-state index >= 15 is 0 Å². The molecular weight excluding hydrogens is 158 g/mol. The molecule has 0 aromatic rings. The van der Waals surface area contributed by atoms with E-state index in [1.165, 1.54) is 58.0 Å². The highest BCUT2D eigenvalue weighted by Gasteiger charge is 2.12. The third-order valence-corrected chi connectivity index (χ3v) is 3.27. The molecule has 0 bridgehead atoms. The van der Waals surface area contributed by atoms with Gasteiger partial charge in [0.25, 0.3) is 0 Å². The molecule has 0 aromatic carbocycles. The van der Waals surface area contributed by atoms with E-state index < -0.39 is 0 Å². The zero-order valence-electron chi connectivity index (χ0n) is 9.39. The summed E-state index contributed by atoms with van der Waals surface area (Å²) in [5.41, 5.74) is 0. The zero-order valence-corrected chi connectivity index (χ0v) is 9.39. The summed E-state index contributed by atoms with van der Waals surface area (Å²) in [6.07, 6.45) is 10.1. The topological polar surface area (TPSA) is 3.24 Å². The van der Waals surface area contributed by atoms with Crippen molar-refractivity contribution in [3.63, 3.8) is 0 Å². The summed E-state index contributed by atoms with van der Waals surface area (Å²) in [5.74, 6) is 1.05. The summed E-state index contributed by atoms with van der Waals surface area (Å²) in [7, 11) is 2.26. The predicted molar refractivity (Wildman–Crippen MR) is 59.0 cm³/mol. The lowest BCUT2D eigenvalue weighted by Gasteiger charge is -2.24. The second-order valence-electron chi connectivity index (χ2n) is 4.60. The summed E-state index contributed by atoms with van der Waals surface area (Å²) in [6, 6.07) is 0. The second kappa shape index (κ2) is 6.42. The third-order valence-electron chi connectivity index (χ3n) is 3.27. The van der Waals surface area contributed by atoms with Crippen LogP contribution in [0.25, 0.3) is 0 Å². The van der Waals surface area contributed by atoms with Gasteiger partial charge in [0.1, 0.15) is 0 Å². The molecule has 0 saturated carbocycles. The highest BCUT2D eigenvalue weighted by Crippen LogP contribution is 2.22. The van der Waals surface area contributed by atoms with Crippen LogP contribution in [0.4, 0.5) is 0 Å². The fraction of sp³-hybridized carbons (Fsp3) is 1.00. The predicted octanol–water partition coefficient (Wildman–Crippen LogP) is 3.30. The van der Waals surface area contributed by atoms with E-state index in [9.17, 15) is 0 Å². The van der Waals surface area contributed by atoms with E-state index in [1.807, 2.05) is 0 Å². The Bertz CT molecular complexity index is 112. The van der Waals surface area contributed by atoms with E-state index in [2.05, 4.69) is 18.9 Å². The molecule has 1 heteroatoms. The number of likely N-dealkylation sites (tertiary alicyclic amines) is 1. The molecule has 1 nitrogen and oxygen atoms in total. The van der Waals surface area contributed by atoms with Crippen LogP contribution in [-0.4, -0.2) is 25.0 Å². The van der Waals surface area contributed by atoms with Gasteiger partial charge in [-0.1, -0.05) is 26.2 Å². The van der Waals surface area contributed by atoms with Crippen molar-refractivity contribution < 1.29 is 0 Å². The van der Waals surface area contributed by atoms with Crippen LogP contribution in [-0.2, 0) is 0 Å². The number of hydrogen-bond acceptors (Lipinski definition) is 1. The van der Waals surface area contributed by atoms with Crippen molar-refractivity contribution in [2.45, 2.75) is 51.9 Å². The Hall–Kier alpha value is -0.0400. The van der Waals surface area contributed by atoms with Crippen molar-refractivity contribution in [3.05, 3.63) is 0 Å². The first-order chi connectivity index (χ1) is 6.33. The Labute approximate surface area is 83.5 Å². The van der Waals surface area contributed by atoms with Crippen LogP contribution >= 0.6 is 0 Å². The minimum absolute atomic E-state index is 1.05. The SMILES string of the molecule is CCCCC1CCCN(C)CCC1. The van der Waals surface area contributed by atoms with Crippen LogP contribution in [0, 0.1) is 5.92 Å². The van der Waals surface area contributed by atoms with Crippen molar-refractivity contribution in [1.82, 2.24) is 4.90 Å². The summed E-state index contributed by atoms with van der Waals surface area (Å²) in [5, 5.41) is 0. The monoisotopic (exact) mass is 183 g/mol. The lowest BCUT2D eigenvalue weighted by molar-refractivity contribution is 0.255. The highest BCUT2D eigenvalue weighted by molar-refractivity contribution is 4.66. The Morgan fingerprint density at radius 3 is 2.31 bits per heavy atom. The number of unbranched alkanes of at least 4 members (excludes halogenated alkanes) is 1. The fourth-order valence-electron chi connectivity index (χ4n) is 2.34. The van der Waals surface area contributed by atoms with Crippen molar-refractivity contribution >= 4 is 0 Å². The molecule has 13 heavy (non-hydrogen) atoms. The molecule has 0 radical (unpaired) electrons. The smallest absolute Gasteiger partial charge is 0.00217 e. The van der Waals surface area contributed by atoms with Crippen LogP contribution in [0.5, 0.6) is 0 Å². The lowest BCUT2D eigenvalue weighted by Crippen LogP contribution is -2.24. The first-order valence-corrected chi connectivity index (χ1v) is 6.01. The van der Waals surface area contributed by atoms with Gasteiger partial charge >= 0.3 is 0 Å². The molecule has 0 amide bonds. The van der Waals surface area contributed by atoms with E-state index in [1.54, 1.807) is 0 Å². The Morgan fingerprint density at radius 2 is 1.77 bits per heavy atom. The van der Waals surface area contributed by atoms with Gasteiger partial charge in [-0.25, -0.2) is 0 Å². The van der Waals surface area contributed by atoms with E-state index in [4.69, 9.17) is 0 Å². The molecule has 0 N–H and O–H groups in total. The molecule has 0 atom stereocenters. The highest BCUT2D eigenvalue weighted by atomic mass is 15.1. The summed E-state index contributed by atoms with van der Waals surface area (Å²) < 4.78 is 0. The minimum Gasteiger partial charge on any atom is -0.306 e. The average Bonchev–Trinajstić information content (AvgIpc) is 2.09. The Kier molecular flexibility index (Phi) is 5.45. The average molecular weight is 183 g/mol. The summed E-state index contributed by atoms with van der Waals surface area (Å²) in [4.78, 5) is 2.48. The molecule has 0 aliphatic carbocycles. The van der Waals surface area contributed by atoms with Gasteiger partial charge in [-0.05, 0) is 51.7 Å². The normalized spacial score (nSPS) is 22.6. The molecule has 1 aliphatic rings. The van der Waals surface area contributed by atoms with E-state index in [0.717, 1.165) is 5.92 Å². The molecule has 1 heterocycles. The number of rotatable bonds is 3. The molecule has 0 aromatic heterocycles. The van der Waals surface area contributed by atoms with Gasteiger partial charge in [-0.15, -0.1) is 0 Å². The summed E-state index contributed by atoms with van der Waals surface area (Å²) >= 11 is 0. The first-order valence-electron chi connectivity index (χ1n) is 6.01. The molecule has 1 fully saturated rings. The van der Waals surface area contributed by atoms with Crippen molar-refractivity contribution in [1.29, 1.82) is 0 Å². The third kappa shape index (κ3) is 4.66. The van der Waals surface area contributed by atoms with Gasteiger partial charge in [0.2, 0.25) is 0 Å². The maximum atomic E-state index is 2.48. The van der Waals surface area contributed by atoms with Gasteiger partial charge in [0.15, 0.2) is 0 Å². The zero-order chi connectivity index (χ0) is 9.52. The first kappa shape index (κ1) is 11.0. The molecular formula is C12H25N. The molecule has 1 saturated heterocycles. The Morgan fingerprint density at radius 1 is 1.15 bits per heavy atom. The van der Waals surface area contributed by atoms with Gasteiger partial charge in [0.05, 0.1) is 0 Å². The largest absolute Gasteiger partial charge is 0.306 e. The van der Waals surface area contributed by atoms with Crippen molar-refractivity contribution in [2.24, 2.45) is 5.92 Å². The molecule has 1 aliphatic heterocycles. The van der Waals surface area contributed by atoms with Crippen LogP contribution in [0.3, 0.4) is 0 Å². The number of nitrogens with zero attached hydrogens (tertiary/aromatic N) is 1. The number of hydrogen-bond donors (Lipinski definition) is 0. The van der Waals surface area contributed by atoms with Crippen LogP contribution in [0.2, 0.25) is 0 Å². The van der Waals surface area contributed by atoms with Gasteiger partial charge in [-0.3, -0.25) is 0 Å². The van der Waals surface area contributed by atoms with Gasteiger partial charge in [0, 0.05) is 0 Å². The Balaban J connectivity index is 2.16. The standard InChI is InChI=1S/C12H25N/c1-3-4-7-12-8-5-10-13(2)11-6-9-12/h12H,3-11H2,1-2H3. The maximum absolute atomic E-state index is 2.48. The van der Waals surface area contributed by atoms with Gasteiger partial charge in [-0.2, -0.15) is 0 Å². The van der Waals surface area contributed by atoms with Crippen molar-refractivity contribution in [3.8, 4) is 0 Å². The molecule has 78 valence electrons. The fourth-order valence-corrected chi connectivity index (χ4v) is 2.34. The molecule has 0 spiro atoms. The van der Waals surface area contributed by atoms with E-state index in [0.29, 0.717) is 0 Å². The van der Waals surface area contributed by atoms with Crippen LogP contribution < -0.4 is 0 Å². The van der Waals surface area contributed by atoms with Crippen LogP contribution in [0.1, 0.15) is 51.9 Å². The van der Waals surface area contributed by atoms with Crippen LogP contribution in [0.15, 0.2) is 0 Å². The second-order valence-corrected chi connectivity index (χ2v) is 4.60. The molecule has 0 unspecified atom stereocenters. The van der Waals surface area contributed by atoms with Crippen molar-refractivity contribution in [2.75, 3.05) is 20.1 Å². The lowest BCUT2D eigenvalue weighted by atomic mass is 9.91. The quantitative estimate of drug-likeness (QED) is 0.649. The molecule has 1 rings (SSSR count). The summed E-state index contributed by atoms with van der Waals surface area (Å²) in [6.45, 7) is 4.95. The van der Waals surface area contributed by atoms with Gasteiger partial charge < -0.3 is 4.90 Å².